The van der Waals surface area contributed by atoms with Crippen LogP contribution in [-0.4, -0.2) is 85.5 Å². The first-order valence-corrected chi connectivity index (χ1v) is 14.9. The van der Waals surface area contributed by atoms with Crippen molar-refractivity contribution < 1.29 is 42.5 Å². The number of imidazole rings is 1. The van der Waals surface area contributed by atoms with Crippen LogP contribution in [0.25, 0.3) is 11.2 Å². The summed E-state index contributed by atoms with van der Waals surface area (Å²) in [5.41, 5.74) is 3.56. The number of aromatic nitrogens is 4. The van der Waals surface area contributed by atoms with E-state index in [1.54, 1.807) is 25.1 Å². The molecule has 15 nitrogen and oxygen atoms in total. The number of aliphatic hydroxyl groups excluding tert-OH is 2. The van der Waals surface area contributed by atoms with Gasteiger partial charge in [0.1, 0.15) is 24.0 Å². The Labute approximate surface area is 240 Å². The molecule has 0 amide bonds. The summed E-state index contributed by atoms with van der Waals surface area (Å²) in [6, 6.07) is 7.14. The van der Waals surface area contributed by atoms with Crippen molar-refractivity contribution in [2.75, 3.05) is 30.9 Å². The number of hydrogen-bond donors (Lipinski definition) is 5. The fourth-order valence-corrected chi connectivity index (χ4v) is 5.97. The van der Waals surface area contributed by atoms with Crippen molar-refractivity contribution >= 4 is 36.6 Å². The average molecular weight is 610 g/mol. The number of rotatable bonds is 13. The van der Waals surface area contributed by atoms with Crippen LogP contribution in [0.2, 0.25) is 0 Å². The maximum Gasteiger partial charge on any atom is 0.459 e. The monoisotopic (exact) mass is 609 g/mol. The summed E-state index contributed by atoms with van der Waals surface area (Å²) in [6.45, 7) is 1.32. The number of nitrogen functional groups attached to an aromatic ring is 1. The van der Waals surface area contributed by atoms with Gasteiger partial charge in [0, 0.05) is 6.04 Å². The van der Waals surface area contributed by atoms with Crippen molar-refractivity contribution in [3.8, 4) is 5.75 Å². The molecule has 0 spiro atoms. The van der Waals surface area contributed by atoms with Gasteiger partial charge in [-0.1, -0.05) is 18.2 Å². The lowest BCUT2D eigenvalue weighted by Gasteiger charge is -2.27. The molecule has 2 aromatic heterocycles. The lowest BCUT2D eigenvalue weighted by atomic mass is 9.97. The molecule has 2 fully saturated rings. The van der Waals surface area contributed by atoms with Crippen LogP contribution in [0.5, 0.6) is 5.75 Å². The largest absolute Gasteiger partial charge is 0.465 e. The molecule has 1 aromatic carbocycles. The zero-order valence-electron chi connectivity index (χ0n) is 22.9. The van der Waals surface area contributed by atoms with Crippen molar-refractivity contribution in [1.82, 2.24) is 24.6 Å². The molecular formula is C25H33FN7O8P. The van der Waals surface area contributed by atoms with Gasteiger partial charge < -0.3 is 35.3 Å². The van der Waals surface area contributed by atoms with Crippen LogP contribution in [0, 0.1) is 0 Å². The maximum absolute atomic E-state index is 16.2. The van der Waals surface area contributed by atoms with Gasteiger partial charge in [0.15, 0.2) is 23.2 Å². The van der Waals surface area contributed by atoms with Gasteiger partial charge in [-0.15, -0.1) is 0 Å². The van der Waals surface area contributed by atoms with Crippen molar-refractivity contribution in [3.63, 3.8) is 0 Å². The molecule has 228 valence electrons. The summed E-state index contributed by atoms with van der Waals surface area (Å²) < 4.78 is 53.1. The second-order valence-corrected chi connectivity index (χ2v) is 11.7. The zero-order valence-corrected chi connectivity index (χ0v) is 23.8. The number of nitrogens with two attached hydrogens (primary N) is 1. The number of halogens is 1. The minimum Gasteiger partial charge on any atom is -0.465 e. The number of para-hydroxylation sites is 1. The lowest BCUT2D eigenvalue weighted by Crippen LogP contribution is -2.46. The van der Waals surface area contributed by atoms with Crippen molar-refractivity contribution in [2.45, 2.75) is 62.9 Å². The Bertz CT molecular complexity index is 1460. The Hall–Kier alpha value is -3.40. The molecule has 1 saturated carbocycles. The number of anilines is 2. The molecule has 0 radical (unpaired) electrons. The van der Waals surface area contributed by atoms with Gasteiger partial charge in [-0.3, -0.25) is 13.9 Å². The molecule has 17 heteroatoms. The number of esters is 1. The van der Waals surface area contributed by atoms with E-state index in [1.165, 1.54) is 30.0 Å². The second-order valence-electron chi connectivity index (χ2n) is 10.0. The minimum atomic E-state index is -4.34. The number of ether oxygens (including phenoxy) is 2. The predicted molar refractivity (Wildman–Crippen MR) is 147 cm³/mol. The van der Waals surface area contributed by atoms with E-state index in [2.05, 4.69) is 25.4 Å². The van der Waals surface area contributed by atoms with E-state index < -0.39 is 57.1 Å². The number of carbonyl (C=O) groups is 1. The molecule has 5 rings (SSSR count). The minimum absolute atomic E-state index is 0.0937. The third-order valence-electron chi connectivity index (χ3n) is 6.78. The Balaban J connectivity index is 1.39. The van der Waals surface area contributed by atoms with Crippen molar-refractivity contribution in [1.29, 1.82) is 0 Å². The normalized spacial score (nSPS) is 26.1. The summed E-state index contributed by atoms with van der Waals surface area (Å²) >= 11 is 0. The highest BCUT2D eigenvalue weighted by Gasteiger charge is 2.59. The Kier molecular flexibility index (Phi) is 8.64. The molecule has 2 aliphatic rings. The Morgan fingerprint density at radius 3 is 2.74 bits per heavy atom. The predicted octanol–water partition coefficient (Wildman–Crippen LogP) is 1.69. The van der Waals surface area contributed by atoms with E-state index in [4.69, 9.17) is 24.3 Å². The maximum atomic E-state index is 16.2. The van der Waals surface area contributed by atoms with Crippen LogP contribution >= 0.6 is 7.75 Å². The molecular weight excluding hydrogens is 576 g/mol. The van der Waals surface area contributed by atoms with Crippen LogP contribution in [-0.2, 0) is 23.4 Å². The van der Waals surface area contributed by atoms with Crippen LogP contribution in [0.1, 0.15) is 32.9 Å². The zero-order chi connectivity index (χ0) is 30.1. The molecule has 42 heavy (non-hydrogen) atoms. The summed E-state index contributed by atoms with van der Waals surface area (Å²) in [4.78, 5) is 24.9. The molecule has 1 aliphatic carbocycles. The molecule has 1 saturated heterocycles. The fourth-order valence-electron chi connectivity index (χ4n) is 4.47. The molecule has 1 aliphatic heterocycles. The number of nitrogens with one attached hydrogen (secondary N) is 2. The highest BCUT2D eigenvalue weighted by molar-refractivity contribution is 7.52. The van der Waals surface area contributed by atoms with Crippen molar-refractivity contribution in [3.05, 3.63) is 36.7 Å². The first kappa shape index (κ1) is 30.1. The topological polar surface area (TPSA) is 205 Å². The number of aliphatic hydroxyl groups is 2. The summed E-state index contributed by atoms with van der Waals surface area (Å²) in [5, 5.41) is 26.7. The molecule has 0 bridgehead atoms. The van der Waals surface area contributed by atoms with E-state index in [0.29, 0.717) is 11.3 Å². The Morgan fingerprint density at radius 1 is 1.33 bits per heavy atom. The van der Waals surface area contributed by atoms with Gasteiger partial charge in [0.25, 0.3) is 0 Å². The second kappa shape index (κ2) is 12.1. The summed E-state index contributed by atoms with van der Waals surface area (Å²) in [7, 11) is -4.34. The first-order chi connectivity index (χ1) is 20.1. The number of nitrogens with zero attached hydrogens (tertiary/aromatic N) is 4. The number of fused-ring (bicyclic) bond motifs is 1. The quantitative estimate of drug-likeness (QED) is 0.138. The standard InChI is InChI=1S/C25H33FN7O8P/c1-3-38-22(36)14(2)32-42(37,41-16-7-5-4-6-8-16)39-11-17-19(35)25(26,12-34)23(40-17)33-13-28-18-20(29-15-9-10-15)30-24(27)31-21(18)33/h4-8,13-15,17,19,23,34-35H,3,9-12H2,1-2H3,(H,32,37)(H3,27,29,30,31)/t14?,17-,19-,23-,25-,42-/m1/s1. The fraction of sp³-hybridized carbons (Fsp3) is 0.520. The van der Waals surface area contributed by atoms with Gasteiger partial charge in [0.2, 0.25) is 11.6 Å². The number of hydrogen-bond acceptors (Lipinski definition) is 13. The van der Waals surface area contributed by atoms with Gasteiger partial charge in [-0.25, -0.2) is 13.9 Å². The van der Waals surface area contributed by atoms with Crippen LogP contribution in [0.3, 0.4) is 0 Å². The van der Waals surface area contributed by atoms with E-state index in [1.807, 2.05) is 0 Å². The van der Waals surface area contributed by atoms with E-state index in [-0.39, 0.29) is 30.0 Å². The van der Waals surface area contributed by atoms with Gasteiger partial charge in [-0.2, -0.15) is 15.1 Å². The lowest BCUT2D eigenvalue weighted by molar-refractivity contribution is -0.144. The summed E-state index contributed by atoms with van der Waals surface area (Å²) in [5.74, 6) is -0.281. The van der Waals surface area contributed by atoms with Gasteiger partial charge >= 0.3 is 13.7 Å². The molecule has 3 heterocycles. The van der Waals surface area contributed by atoms with E-state index in [0.717, 1.165) is 12.8 Å². The number of benzene rings is 1. The third-order valence-corrected chi connectivity index (χ3v) is 8.42. The van der Waals surface area contributed by atoms with Gasteiger partial charge in [0.05, 0.1) is 26.1 Å². The smallest absolute Gasteiger partial charge is 0.459 e. The number of carbonyl (C=O) groups excluding carboxylic acids is 1. The number of alkyl halides is 1. The first-order valence-electron chi connectivity index (χ1n) is 13.4. The highest BCUT2D eigenvalue weighted by Crippen LogP contribution is 2.48. The van der Waals surface area contributed by atoms with Crippen LogP contribution in [0.15, 0.2) is 36.7 Å². The van der Waals surface area contributed by atoms with Gasteiger partial charge in [-0.05, 0) is 38.8 Å². The Morgan fingerprint density at radius 2 is 2.07 bits per heavy atom. The van der Waals surface area contributed by atoms with Crippen LogP contribution < -0.4 is 20.7 Å². The molecule has 6 N–H and O–H groups in total. The van der Waals surface area contributed by atoms with Crippen molar-refractivity contribution in [2.24, 2.45) is 0 Å². The highest BCUT2D eigenvalue weighted by atomic mass is 31.2. The van der Waals surface area contributed by atoms with Crippen LogP contribution in [0.4, 0.5) is 16.2 Å². The molecule has 6 atom stereocenters. The molecule has 3 aromatic rings. The van der Waals surface area contributed by atoms with E-state index >= 15 is 4.39 Å². The summed E-state index contributed by atoms with van der Waals surface area (Å²) in [6.07, 6.45) is -1.86. The third kappa shape index (κ3) is 6.19. The van der Waals surface area contributed by atoms with E-state index in [9.17, 15) is 19.6 Å². The molecule has 1 unspecified atom stereocenters. The SMILES string of the molecule is CCOC(=O)C(C)N[P@@](=O)(OC[C@H]1O[C@@H](n2cnc3c(NC4CC4)nc(N)nc32)[C@@](F)(CO)[C@@H]1O)Oc1ccccc1. The average Bonchev–Trinajstić information content (AvgIpc) is 3.62.